The topological polar surface area (TPSA) is 81.5 Å². The van der Waals surface area contributed by atoms with Crippen LogP contribution in [0.25, 0.3) is 0 Å². The molecule has 0 radical (unpaired) electrons. The average molecular weight is 404 g/mol. The molecule has 2 aromatic rings. The van der Waals surface area contributed by atoms with Crippen LogP contribution >= 0.6 is 34.8 Å². The maximum Gasteiger partial charge on any atom is 0.269 e. The number of non-ortho nitro benzene ring substituents is 1. The van der Waals surface area contributed by atoms with E-state index in [1.165, 1.54) is 24.3 Å². The summed E-state index contributed by atoms with van der Waals surface area (Å²) < 4.78 is 3.54. The summed E-state index contributed by atoms with van der Waals surface area (Å²) in [6.07, 6.45) is -1.18. The highest BCUT2D eigenvalue weighted by atomic mass is 35.6. The molecule has 1 amide bonds. The highest BCUT2D eigenvalue weighted by Crippen LogP contribution is 2.32. The molecule has 1 atom stereocenters. The Balaban J connectivity index is 2.06. The summed E-state index contributed by atoms with van der Waals surface area (Å²) in [5, 5.41) is 13.2. The molecule has 0 aromatic heterocycles. The van der Waals surface area contributed by atoms with Crippen LogP contribution in [0.4, 0.5) is 5.69 Å². The first kappa shape index (κ1) is 19.3. The van der Waals surface area contributed by atoms with Crippen LogP contribution in [0, 0.1) is 10.1 Å². The molecule has 25 heavy (non-hydrogen) atoms. The second kappa shape index (κ2) is 8.38. The molecule has 0 bridgehead atoms. The van der Waals surface area contributed by atoms with E-state index in [1.807, 2.05) is 18.2 Å². The third-order valence-electron chi connectivity index (χ3n) is 3.10. The molecule has 1 N–H and O–H groups in total. The van der Waals surface area contributed by atoms with Gasteiger partial charge in [0.1, 0.15) is 5.75 Å². The number of hydrogen-bond donors (Lipinski definition) is 1. The molecule has 6 nitrogen and oxygen atoms in total. The number of hydrogen-bond acceptors (Lipinski definition) is 4. The second-order valence-corrected chi connectivity index (χ2v) is 7.39. The van der Waals surface area contributed by atoms with Crippen molar-refractivity contribution in [2.24, 2.45) is 0 Å². The highest BCUT2D eigenvalue weighted by molar-refractivity contribution is 6.68. The van der Waals surface area contributed by atoms with Crippen LogP contribution in [0.2, 0.25) is 0 Å². The number of amides is 1. The summed E-state index contributed by atoms with van der Waals surface area (Å²) in [6.45, 7) is 0. The summed E-state index contributed by atoms with van der Waals surface area (Å²) in [5.74, 6) is -0.189. The number of alkyl halides is 3. The molecule has 2 rings (SSSR count). The van der Waals surface area contributed by atoms with Gasteiger partial charge in [0.05, 0.1) is 11.3 Å². The quantitative estimate of drug-likeness (QED) is 0.342. The zero-order valence-corrected chi connectivity index (χ0v) is 15.0. The minimum Gasteiger partial charge on any atom is -0.466 e. The van der Waals surface area contributed by atoms with Gasteiger partial charge in [-0.05, 0) is 17.7 Å². The number of nitrogens with one attached hydrogen (secondary N) is 1. The Bertz CT molecular complexity index is 733. The second-order valence-electron chi connectivity index (χ2n) is 5.02. The van der Waals surface area contributed by atoms with Gasteiger partial charge in [0.2, 0.25) is 15.9 Å². The molecular weight excluding hydrogens is 391 g/mol. The summed E-state index contributed by atoms with van der Waals surface area (Å²) in [4.78, 5) is 22.3. The summed E-state index contributed by atoms with van der Waals surface area (Å²) >= 11 is 17.6. The van der Waals surface area contributed by atoms with E-state index < -0.39 is 20.9 Å². The molecule has 0 saturated heterocycles. The summed E-state index contributed by atoms with van der Waals surface area (Å²) in [6, 6.07) is 14.2. The van der Waals surface area contributed by atoms with Crippen molar-refractivity contribution in [3.05, 3.63) is 70.3 Å². The number of nitro groups is 1. The summed E-state index contributed by atoms with van der Waals surface area (Å²) in [5.41, 5.74) is 0.685. The zero-order valence-electron chi connectivity index (χ0n) is 12.7. The van der Waals surface area contributed by atoms with Gasteiger partial charge in [-0.15, -0.1) is 0 Å². The molecule has 0 aliphatic rings. The molecular formula is C16H13Cl3N2O4. The Morgan fingerprint density at radius 3 is 2.24 bits per heavy atom. The highest BCUT2D eigenvalue weighted by Gasteiger charge is 2.36. The Kier molecular flexibility index (Phi) is 6.47. The lowest BCUT2D eigenvalue weighted by molar-refractivity contribution is -0.384. The lowest BCUT2D eigenvalue weighted by atomic mass is 10.1. The van der Waals surface area contributed by atoms with Crippen LogP contribution in [0.3, 0.4) is 0 Å². The van der Waals surface area contributed by atoms with Gasteiger partial charge in [0.25, 0.3) is 5.69 Å². The molecule has 0 spiro atoms. The fraction of sp³-hybridized carbons (Fsp3) is 0.188. The zero-order chi connectivity index (χ0) is 18.4. The number of ether oxygens (including phenoxy) is 1. The predicted molar refractivity (Wildman–Crippen MR) is 96.1 cm³/mol. The van der Waals surface area contributed by atoms with Crippen molar-refractivity contribution in [2.75, 3.05) is 0 Å². The first-order chi connectivity index (χ1) is 11.8. The molecule has 2 aromatic carbocycles. The SMILES string of the molecule is O=C(Cc1ccccc1)NC(Oc1ccc([N+](=O)[O-])cc1)C(Cl)(Cl)Cl. The van der Waals surface area contributed by atoms with Gasteiger partial charge in [0, 0.05) is 12.1 Å². The van der Waals surface area contributed by atoms with E-state index in [0.29, 0.717) is 0 Å². The van der Waals surface area contributed by atoms with E-state index in [1.54, 1.807) is 12.1 Å². The smallest absolute Gasteiger partial charge is 0.269 e. The number of nitro benzene ring substituents is 1. The van der Waals surface area contributed by atoms with E-state index in [-0.39, 0.29) is 17.9 Å². The number of carbonyl (C=O) groups excluding carboxylic acids is 1. The van der Waals surface area contributed by atoms with E-state index in [2.05, 4.69) is 5.32 Å². The normalized spacial score (nSPS) is 12.3. The average Bonchev–Trinajstić information content (AvgIpc) is 2.54. The van der Waals surface area contributed by atoms with Crippen molar-refractivity contribution in [1.29, 1.82) is 0 Å². The number of nitrogens with zero attached hydrogens (tertiary/aromatic N) is 1. The number of benzene rings is 2. The number of carbonyl (C=O) groups is 1. The van der Waals surface area contributed by atoms with Crippen molar-refractivity contribution < 1.29 is 14.5 Å². The van der Waals surface area contributed by atoms with E-state index in [4.69, 9.17) is 39.5 Å². The van der Waals surface area contributed by atoms with Crippen molar-refractivity contribution in [3.63, 3.8) is 0 Å². The molecule has 0 aliphatic carbocycles. The molecule has 0 saturated carbocycles. The van der Waals surface area contributed by atoms with Crippen molar-refractivity contribution in [1.82, 2.24) is 5.32 Å². The Morgan fingerprint density at radius 1 is 1.12 bits per heavy atom. The molecule has 0 fully saturated rings. The first-order valence-electron chi connectivity index (χ1n) is 7.07. The van der Waals surface area contributed by atoms with Gasteiger partial charge in [-0.25, -0.2) is 0 Å². The number of rotatable bonds is 6. The predicted octanol–water partition coefficient (Wildman–Crippen LogP) is 4.03. The number of halogens is 3. The van der Waals surface area contributed by atoms with Crippen LogP contribution < -0.4 is 10.1 Å². The van der Waals surface area contributed by atoms with E-state index >= 15 is 0 Å². The molecule has 1 unspecified atom stereocenters. The van der Waals surface area contributed by atoms with E-state index in [9.17, 15) is 14.9 Å². The van der Waals surface area contributed by atoms with Crippen LogP contribution in [0.15, 0.2) is 54.6 Å². The Labute approximate surface area is 158 Å². The van der Waals surface area contributed by atoms with Gasteiger partial charge < -0.3 is 10.1 Å². The molecule has 0 aliphatic heterocycles. The fourth-order valence-electron chi connectivity index (χ4n) is 1.94. The third-order valence-corrected chi connectivity index (χ3v) is 3.69. The van der Waals surface area contributed by atoms with Crippen molar-refractivity contribution in [3.8, 4) is 5.75 Å². The largest absolute Gasteiger partial charge is 0.466 e. The molecule has 9 heteroatoms. The van der Waals surface area contributed by atoms with Crippen molar-refractivity contribution in [2.45, 2.75) is 16.4 Å². The van der Waals surface area contributed by atoms with Crippen LogP contribution in [0.5, 0.6) is 5.75 Å². The minimum atomic E-state index is -1.94. The Morgan fingerprint density at radius 2 is 1.72 bits per heavy atom. The molecule has 132 valence electrons. The van der Waals surface area contributed by atoms with Gasteiger partial charge in [-0.2, -0.15) is 0 Å². The Hall–Kier alpha value is -2.02. The third kappa shape index (κ3) is 6.08. The summed E-state index contributed by atoms with van der Waals surface area (Å²) in [7, 11) is 0. The maximum atomic E-state index is 12.1. The fourth-order valence-corrected chi connectivity index (χ4v) is 2.24. The van der Waals surface area contributed by atoms with Gasteiger partial charge in [0.15, 0.2) is 0 Å². The lowest BCUT2D eigenvalue weighted by Crippen LogP contribution is -2.48. The van der Waals surface area contributed by atoms with E-state index in [0.717, 1.165) is 5.56 Å². The van der Waals surface area contributed by atoms with Gasteiger partial charge in [-0.1, -0.05) is 65.1 Å². The lowest BCUT2D eigenvalue weighted by Gasteiger charge is -2.26. The standard InChI is InChI=1S/C16H13Cl3N2O4/c17-16(18,19)15(20-14(22)10-11-4-2-1-3-5-11)25-13-8-6-12(7-9-13)21(23)24/h1-9,15H,10H2,(H,20,22). The maximum absolute atomic E-state index is 12.1. The van der Waals surface area contributed by atoms with Crippen molar-refractivity contribution >= 4 is 46.4 Å². The monoisotopic (exact) mass is 402 g/mol. The first-order valence-corrected chi connectivity index (χ1v) is 8.20. The van der Waals surface area contributed by atoms with Crippen LogP contribution in [0.1, 0.15) is 5.56 Å². The van der Waals surface area contributed by atoms with Gasteiger partial charge in [-0.3, -0.25) is 14.9 Å². The van der Waals surface area contributed by atoms with Crippen LogP contribution in [-0.4, -0.2) is 20.9 Å². The van der Waals surface area contributed by atoms with Gasteiger partial charge >= 0.3 is 0 Å². The van der Waals surface area contributed by atoms with Crippen LogP contribution in [-0.2, 0) is 11.2 Å². The minimum absolute atomic E-state index is 0.0850. The molecule has 0 heterocycles.